The van der Waals surface area contributed by atoms with Crippen molar-refractivity contribution < 1.29 is 14.1 Å². The summed E-state index contributed by atoms with van der Waals surface area (Å²) in [5.74, 6) is 1.33. The molecule has 2 atom stereocenters. The highest BCUT2D eigenvalue weighted by molar-refractivity contribution is 5.71. The standard InChI is InChI=1S/C19H24N4O3/c1-11-5-6-12(9-14(11)20)15-21-16(26-22-15)19-10-13(19)7-8-23(19)17(24)25-18(2,3)4/h5-6,9,13H,7-8,10,20H2,1-4H3. The van der Waals surface area contributed by atoms with E-state index in [0.717, 1.165) is 24.0 Å². The van der Waals surface area contributed by atoms with Gasteiger partial charge >= 0.3 is 6.09 Å². The largest absolute Gasteiger partial charge is 0.444 e. The third kappa shape index (κ3) is 2.62. The summed E-state index contributed by atoms with van der Waals surface area (Å²) in [4.78, 5) is 19.0. The Hall–Kier alpha value is -2.57. The van der Waals surface area contributed by atoms with E-state index in [-0.39, 0.29) is 6.09 Å². The Labute approximate surface area is 152 Å². The van der Waals surface area contributed by atoms with E-state index < -0.39 is 11.1 Å². The van der Waals surface area contributed by atoms with Gasteiger partial charge in [0.1, 0.15) is 11.1 Å². The van der Waals surface area contributed by atoms with Gasteiger partial charge in [0.05, 0.1) is 0 Å². The molecule has 1 aliphatic heterocycles. The molecule has 1 aromatic carbocycles. The van der Waals surface area contributed by atoms with Crippen molar-refractivity contribution >= 4 is 11.8 Å². The highest BCUT2D eigenvalue weighted by Gasteiger charge is 2.68. The summed E-state index contributed by atoms with van der Waals surface area (Å²) in [6, 6.07) is 5.69. The number of fused-ring (bicyclic) bond motifs is 1. The maximum atomic E-state index is 12.6. The molecular formula is C19H24N4O3. The molecule has 1 aromatic heterocycles. The Kier molecular flexibility index (Phi) is 3.54. The smallest absolute Gasteiger partial charge is 0.411 e. The number of hydrogen-bond donors (Lipinski definition) is 1. The molecule has 1 saturated heterocycles. The lowest BCUT2D eigenvalue weighted by Gasteiger charge is -2.29. The van der Waals surface area contributed by atoms with Crippen LogP contribution in [0.15, 0.2) is 22.7 Å². The minimum atomic E-state index is -0.537. The fourth-order valence-electron chi connectivity index (χ4n) is 3.72. The minimum Gasteiger partial charge on any atom is -0.444 e. The zero-order valence-electron chi connectivity index (χ0n) is 15.6. The average molecular weight is 356 g/mol. The molecule has 26 heavy (non-hydrogen) atoms. The molecule has 1 aliphatic carbocycles. The lowest BCUT2D eigenvalue weighted by molar-refractivity contribution is 0.0135. The van der Waals surface area contributed by atoms with Gasteiger partial charge in [0, 0.05) is 17.8 Å². The molecule has 7 nitrogen and oxygen atoms in total. The van der Waals surface area contributed by atoms with E-state index in [1.807, 2.05) is 45.9 Å². The summed E-state index contributed by atoms with van der Waals surface area (Å²) in [5.41, 5.74) is 7.44. The van der Waals surface area contributed by atoms with Gasteiger partial charge in [-0.2, -0.15) is 4.98 Å². The normalized spacial score (nSPS) is 24.5. The number of nitrogens with zero attached hydrogens (tertiary/aromatic N) is 3. The van der Waals surface area contributed by atoms with Crippen LogP contribution in [-0.2, 0) is 10.3 Å². The molecule has 0 radical (unpaired) electrons. The predicted molar refractivity (Wildman–Crippen MR) is 96.2 cm³/mol. The maximum Gasteiger partial charge on any atom is 0.411 e. The quantitative estimate of drug-likeness (QED) is 0.828. The van der Waals surface area contributed by atoms with Gasteiger partial charge in [-0.3, -0.25) is 4.90 Å². The van der Waals surface area contributed by atoms with Crippen LogP contribution in [0, 0.1) is 12.8 Å². The zero-order chi connectivity index (χ0) is 18.7. The van der Waals surface area contributed by atoms with Crippen LogP contribution in [-0.4, -0.2) is 33.3 Å². The SMILES string of the molecule is Cc1ccc(-c2noc(C34CC3CCN4C(=O)OC(C)(C)C)n2)cc1N. The van der Waals surface area contributed by atoms with Crippen molar-refractivity contribution in [3.63, 3.8) is 0 Å². The summed E-state index contributed by atoms with van der Waals surface area (Å²) in [7, 11) is 0. The lowest BCUT2D eigenvalue weighted by atomic mass is 10.1. The number of carbonyl (C=O) groups excluding carboxylic acids is 1. The topological polar surface area (TPSA) is 94.5 Å². The van der Waals surface area contributed by atoms with E-state index in [2.05, 4.69) is 10.1 Å². The Balaban J connectivity index is 1.62. The minimum absolute atomic E-state index is 0.322. The van der Waals surface area contributed by atoms with Crippen LogP contribution in [0.25, 0.3) is 11.4 Å². The van der Waals surface area contributed by atoms with Crippen molar-refractivity contribution in [2.45, 2.75) is 51.7 Å². The first-order valence-electron chi connectivity index (χ1n) is 8.92. The number of nitrogen functional groups attached to an aromatic ring is 1. The van der Waals surface area contributed by atoms with E-state index >= 15 is 0 Å². The molecule has 2 aliphatic rings. The first-order valence-corrected chi connectivity index (χ1v) is 8.92. The number of piperidine rings is 1. The van der Waals surface area contributed by atoms with Crippen LogP contribution in [0.5, 0.6) is 0 Å². The highest BCUT2D eigenvalue weighted by Crippen LogP contribution is 2.62. The molecule has 2 aromatic rings. The van der Waals surface area contributed by atoms with Gasteiger partial charge in [0.25, 0.3) is 5.89 Å². The highest BCUT2D eigenvalue weighted by atomic mass is 16.6. The van der Waals surface area contributed by atoms with Crippen molar-refractivity contribution in [3.05, 3.63) is 29.7 Å². The second-order valence-corrected chi connectivity index (χ2v) is 8.24. The van der Waals surface area contributed by atoms with Crippen molar-refractivity contribution in [2.75, 3.05) is 12.3 Å². The Bertz CT molecular complexity index is 870. The fourth-order valence-corrected chi connectivity index (χ4v) is 3.72. The van der Waals surface area contributed by atoms with E-state index in [1.54, 1.807) is 4.90 Å². The Morgan fingerprint density at radius 3 is 2.85 bits per heavy atom. The predicted octanol–water partition coefficient (Wildman–Crippen LogP) is 3.48. The third-order valence-electron chi connectivity index (χ3n) is 5.20. The molecular weight excluding hydrogens is 332 g/mol. The van der Waals surface area contributed by atoms with Crippen molar-refractivity contribution in [2.24, 2.45) is 5.92 Å². The van der Waals surface area contributed by atoms with Gasteiger partial charge in [0.15, 0.2) is 0 Å². The van der Waals surface area contributed by atoms with Gasteiger partial charge in [-0.1, -0.05) is 17.3 Å². The maximum absolute atomic E-state index is 12.6. The number of rotatable bonds is 2. The van der Waals surface area contributed by atoms with E-state index in [1.165, 1.54) is 0 Å². The molecule has 4 rings (SSSR count). The van der Waals surface area contributed by atoms with E-state index in [9.17, 15) is 4.79 Å². The van der Waals surface area contributed by atoms with Gasteiger partial charge in [-0.05, 0) is 58.1 Å². The zero-order valence-corrected chi connectivity index (χ0v) is 15.6. The average Bonchev–Trinajstić information content (AvgIpc) is 2.94. The molecule has 138 valence electrons. The van der Waals surface area contributed by atoms with Crippen LogP contribution < -0.4 is 5.73 Å². The number of benzene rings is 1. The van der Waals surface area contributed by atoms with Gasteiger partial charge in [0.2, 0.25) is 5.82 Å². The second-order valence-electron chi connectivity index (χ2n) is 8.24. The number of amides is 1. The summed E-state index contributed by atoms with van der Waals surface area (Å²) in [5, 5.41) is 4.12. The number of likely N-dealkylation sites (tertiary alicyclic amines) is 1. The van der Waals surface area contributed by atoms with Crippen molar-refractivity contribution in [1.29, 1.82) is 0 Å². The van der Waals surface area contributed by atoms with E-state index in [0.29, 0.717) is 29.9 Å². The summed E-state index contributed by atoms with van der Waals surface area (Å²) >= 11 is 0. The number of ether oxygens (including phenoxy) is 1. The molecule has 2 fully saturated rings. The van der Waals surface area contributed by atoms with Crippen LogP contribution in [0.1, 0.15) is 45.1 Å². The number of nitrogens with two attached hydrogens (primary N) is 1. The summed E-state index contributed by atoms with van der Waals surface area (Å²) in [6.45, 7) is 8.19. The van der Waals surface area contributed by atoms with E-state index in [4.69, 9.17) is 15.0 Å². The van der Waals surface area contributed by atoms with Gasteiger partial charge in [-0.15, -0.1) is 0 Å². The number of aromatic nitrogens is 2. The first-order chi connectivity index (χ1) is 12.2. The lowest BCUT2D eigenvalue weighted by Crippen LogP contribution is -2.42. The number of hydrogen-bond acceptors (Lipinski definition) is 6. The fraction of sp³-hybridized carbons (Fsp3) is 0.526. The Morgan fingerprint density at radius 2 is 2.19 bits per heavy atom. The molecule has 1 saturated carbocycles. The molecule has 7 heteroatoms. The number of aryl methyl sites for hydroxylation is 1. The first kappa shape index (κ1) is 16.9. The molecule has 2 heterocycles. The van der Waals surface area contributed by atoms with Gasteiger partial charge in [-0.25, -0.2) is 4.79 Å². The van der Waals surface area contributed by atoms with Crippen molar-refractivity contribution in [3.8, 4) is 11.4 Å². The molecule has 2 unspecified atom stereocenters. The van der Waals surface area contributed by atoms with Crippen molar-refractivity contribution in [1.82, 2.24) is 15.0 Å². The van der Waals surface area contributed by atoms with Crippen LogP contribution in [0.3, 0.4) is 0 Å². The van der Waals surface area contributed by atoms with Crippen LogP contribution in [0.2, 0.25) is 0 Å². The molecule has 1 amide bonds. The number of anilines is 1. The molecule has 2 N–H and O–H groups in total. The summed E-state index contributed by atoms with van der Waals surface area (Å²) in [6.07, 6.45) is 1.44. The summed E-state index contributed by atoms with van der Waals surface area (Å²) < 4.78 is 11.1. The second kappa shape index (κ2) is 5.46. The molecule has 0 spiro atoms. The monoisotopic (exact) mass is 356 g/mol. The van der Waals surface area contributed by atoms with Gasteiger partial charge < -0.3 is 15.0 Å². The Morgan fingerprint density at radius 1 is 1.42 bits per heavy atom. The van der Waals surface area contributed by atoms with Crippen LogP contribution in [0.4, 0.5) is 10.5 Å². The molecule has 0 bridgehead atoms. The third-order valence-corrected chi connectivity index (χ3v) is 5.20. The van der Waals surface area contributed by atoms with Crippen LogP contribution >= 0.6 is 0 Å². The number of carbonyl (C=O) groups is 1.